The van der Waals surface area contributed by atoms with Crippen molar-refractivity contribution in [1.82, 2.24) is 25.3 Å². The van der Waals surface area contributed by atoms with E-state index in [4.69, 9.17) is 0 Å². The van der Waals surface area contributed by atoms with Gasteiger partial charge in [-0.05, 0) is 58.6 Å². The Kier molecular flexibility index (Phi) is 7.74. The third-order valence-corrected chi connectivity index (χ3v) is 5.18. The average Bonchev–Trinajstić information content (AvgIpc) is 3.11. The van der Waals surface area contributed by atoms with Crippen molar-refractivity contribution in [3.63, 3.8) is 0 Å². The summed E-state index contributed by atoms with van der Waals surface area (Å²) < 4.78 is 39.5. The van der Waals surface area contributed by atoms with Crippen LogP contribution in [0.2, 0.25) is 0 Å². The zero-order valence-corrected chi connectivity index (χ0v) is 17.5. The Morgan fingerprint density at radius 2 is 2.07 bits per heavy atom. The van der Waals surface area contributed by atoms with Crippen LogP contribution in [-0.2, 0) is 13.5 Å². The molecule has 28 heavy (non-hydrogen) atoms. The minimum absolute atomic E-state index is 0.157. The third-order valence-electron chi connectivity index (χ3n) is 5.18. The number of nitrogens with zero attached hydrogens (tertiary/aromatic N) is 4. The van der Waals surface area contributed by atoms with Crippen LogP contribution >= 0.6 is 0 Å². The largest absolute Gasteiger partial charge is 0.401 e. The normalized spacial score (nSPS) is 19.9. The van der Waals surface area contributed by atoms with E-state index in [-0.39, 0.29) is 12.0 Å². The summed E-state index contributed by atoms with van der Waals surface area (Å²) >= 11 is 0. The quantitative estimate of drug-likeness (QED) is 0.543. The van der Waals surface area contributed by atoms with Gasteiger partial charge in [0.15, 0.2) is 5.96 Å². The van der Waals surface area contributed by atoms with Crippen molar-refractivity contribution in [2.24, 2.45) is 18.0 Å². The van der Waals surface area contributed by atoms with Crippen LogP contribution in [0.25, 0.3) is 0 Å². The maximum Gasteiger partial charge on any atom is 0.401 e. The Hall–Kier alpha value is -1.77. The number of aliphatic imine (C=N–C) groups is 1. The number of rotatable bonds is 7. The molecule has 2 atom stereocenters. The molecule has 1 aliphatic rings. The number of likely N-dealkylation sites (tertiary alicyclic amines) is 1. The van der Waals surface area contributed by atoms with Gasteiger partial charge in [-0.25, -0.2) is 0 Å². The lowest BCUT2D eigenvalue weighted by Crippen LogP contribution is -2.43. The highest BCUT2D eigenvalue weighted by molar-refractivity contribution is 5.80. The molecule has 2 rings (SSSR count). The smallest absolute Gasteiger partial charge is 0.357 e. The molecule has 9 heteroatoms. The molecule has 2 unspecified atom stereocenters. The monoisotopic (exact) mass is 402 g/mol. The SMILES string of the molecule is CCNC(=NCC1CCN(CC(F)(F)F)C1)NC(C)Cc1c(C)nn(C)c1C. The van der Waals surface area contributed by atoms with Crippen LogP contribution in [0.15, 0.2) is 4.99 Å². The van der Waals surface area contributed by atoms with Crippen molar-refractivity contribution in [3.05, 3.63) is 17.0 Å². The highest BCUT2D eigenvalue weighted by atomic mass is 19.4. The van der Waals surface area contributed by atoms with E-state index in [0.29, 0.717) is 25.6 Å². The Balaban J connectivity index is 1.90. The van der Waals surface area contributed by atoms with Crippen LogP contribution in [0.3, 0.4) is 0 Å². The van der Waals surface area contributed by atoms with Crippen LogP contribution in [0, 0.1) is 19.8 Å². The van der Waals surface area contributed by atoms with Crippen molar-refractivity contribution >= 4 is 5.96 Å². The van der Waals surface area contributed by atoms with Gasteiger partial charge in [0.05, 0.1) is 12.2 Å². The maximum absolute atomic E-state index is 12.5. The van der Waals surface area contributed by atoms with Crippen LogP contribution in [0.1, 0.15) is 37.2 Å². The van der Waals surface area contributed by atoms with Crippen LogP contribution in [0.5, 0.6) is 0 Å². The molecule has 6 nitrogen and oxygen atoms in total. The summed E-state index contributed by atoms with van der Waals surface area (Å²) in [7, 11) is 1.94. The molecule has 160 valence electrons. The van der Waals surface area contributed by atoms with E-state index >= 15 is 0 Å². The number of nitrogens with one attached hydrogen (secondary N) is 2. The van der Waals surface area contributed by atoms with Gasteiger partial charge in [0.2, 0.25) is 0 Å². The van der Waals surface area contributed by atoms with E-state index in [1.165, 1.54) is 10.5 Å². The topological polar surface area (TPSA) is 57.5 Å². The minimum atomic E-state index is -4.13. The van der Waals surface area contributed by atoms with Crippen molar-refractivity contribution in [3.8, 4) is 0 Å². The van der Waals surface area contributed by atoms with Gasteiger partial charge in [-0.3, -0.25) is 14.6 Å². The number of halogens is 3. The molecule has 0 bridgehead atoms. The molecule has 0 amide bonds. The fraction of sp³-hybridized carbons (Fsp3) is 0.789. The number of guanidine groups is 1. The predicted molar refractivity (Wildman–Crippen MR) is 106 cm³/mol. The summed E-state index contributed by atoms with van der Waals surface area (Å²) in [4.78, 5) is 6.09. The van der Waals surface area contributed by atoms with Crippen LogP contribution in [0.4, 0.5) is 13.2 Å². The lowest BCUT2D eigenvalue weighted by molar-refractivity contribution is -0.143. The van der Waals surface area contributed by atoms with Gasteiger partial charge in [0.1, 0.15) is 0 Å². The Morgan fingerprint density at radius 1 is 1.36 bits per heavy atom. The van der Waals surface area contributed by atoms with E-state index < -0.39 is 12.7 Å². The van der Waals surface area contributed by atoms with Crippen molar-refractivity contribution in [2.45, 2.75) is 52.8 Å². The highest BCUT2D eigenvalue weighted by Crippen LogP contribution is 2.23. The predicted octanol–water partition coefficient (Wildman–Crippen LogP) is 2.41. The molecule has 0 saturated carbocycles. The summed E-state index contributed by atoms with van der Waals surface area (Å²) in [6.07, 6.45) is -2.55. The second kappa shape index (κ2) is 9.62. The molecular formula is C19H33F3N6. The first kappa shape index (κ1) is 22.5. The van der Waals surface area contributed by atoms with E-state index in [0.717, 1.165) is 30.8 Å². The molecule has 0 aromatic carbocycles. The lowest BCUT2D eigenvalue weighted by Gasteiger charge is -2.19. The standard InChI is InChI=1S/C19H33F3N6/c1-6-23-18(24-10-16-7-8-28(11-16)12-19(20,21)22)25-13(2)9-17-14(3)26-27(5)15(17)4/h13,16H,6-12H2,1-5H3,(H2,23,24,25). The number of hydrogen-bond donors (Lipinski definition) is 2. The molecule has 1 fully saturated rings. The van der Waals surface area contributed by atoms with Gasteiger partial charge in [0, 0.05) is 38.4 Å². The molecule has 1 aromatic heterocycles. The summed E-state index contributed by atoms with van der Waals surface area (Å²) in [5.74, 6) is 0.874. The van der Waals surface area contributed by atoms with Crippen LogP contribution < -0.4 is 10.6 Å². The summed E-state index contributed by atoms with van der Waals surface area (Å²) in [6, 6.07) is 0.157. The molecule has 0 spiro atoms. The molecule has 0 aliphatic carbocycles. The van der Waals surface area contributed by atoms with Crippen LogP contribution in [-0.4, -0.2) is 65.6 Å². The Bertz CT molecular complexity index is 667. The first-order chi connectivity index (χ1) is 13.1. The summed E-state index contributed by atoms with van der Waals surface area (Å²) in [5.41, 5.74) is 3.42. The Morgan fingerprint density at radius 3 is 2.64 bits per heavy atom. The first-order valence-corrected chi connectivity index (χ1v) is 9.92. The number of aromatic nitrogens is 2. The van der Waals surface area contributed by atoms with Gasteiger partial charge >= 0.3 is 6.18 Å². The Labute approximate surface area is 165 Å². The number of aryl methyl sites for hydroxylation is 2. The molecule has 1 aromatic rings. The third kappa shape index (κ3) is 6.68. The average molecular weight is 403 g/mol. The molecule has 1 saturated heterocycles. The van der Waals surface area contributed by atoms with E-state index in [9.17, 15) is 13.2 Å². The van der Waals surface area contributed by atoms with Gasteiger partial charge < -0.3 is 10.6 Å². The van der Waals surface area contributed by atoms with Gasteiger partial charge in [0.25, 0.3) is 0 Å². The second-order valence-corrected chi connectivity index (χ2v) is 7.75. The fourth-order valence-electron chi connectivity index (χ4n) is 3.70. The number of hydrogen-bond acceptors (Lipinski definition) is 3. The molecule has 2 heterocycles. The lowest BCUT2D eigenvalue weighted by atomic mass is 10.1. The number of alkyl halides is 3. The van der Waals surface area contributed by atoms with Crippen molar-refractivity contribution in [2.75, 3.05) is 32.7 Å². The maximum atomic E-state index is 12.5. The van der Waals surface area contributed by atoms with Gasteiger partial charge in [-0.1, -0.05) is 0 Å². The minimum Gasteiger partial charge on any atom is -0.357 e. The zero-order valence-electron chi connectivity index (χ0n) is 17.5. The fourth-order valence-corrected chi connectivity index (χ4v) is 3.70. The van der Waals surface area contributed by atoms with Gasteiger partial charge in [-0.15, -0.1) is 0 Å². The molecule has 2 N–H and O–H groups in total. The second-order valence-electron chi connectivity index (χ2n) is 7.75. The van der Waals surface area contributed by atoms with Crippen molar-refractivity contribution < 1.29 is 13.2 Å². The molecular weight excluding hydrogens is 369 g/mol. The highest BCUT2D eigenvalue weighted by Gasteiger charge is 2.34. The summed E-state index contributed by atoms with van der Waals surface area (Å²) in [5, 5.41) is 11.1. The summed E-state index contributed by atoms with van der Waals surface area (Å²) in [6.45, 7) is 9.54. The molecule has 0 radical (unpaired) electrons. The zero-order chi connectivity index (χ0) is 20.9. The van der Waals surface area contributed by atoms with Crippen molar-refractivity contribution in [1.29, 1.82) is 0 Å². The van der Waals surface area contributed by atoms with E-state index in [1.807, 2.05) is 25.6 Å². The van der Waals surface area contributed by atoms with Gasteiger partial charge in [-0.2, -0.15) is 18.3 Å². The molecule has 1 aliphatic heterocycles. The van der Waals surface area contributed by atoms with E-state index in [1.54, 1.807) is 0 Å². The first-order valence-electron chi connectivity index (χ1n) is 9.92. The van der Waals surface area contributed by atoms with E-state index in [2.05, 4.69) is 34.6 Å².